The van der Waals surface area contributed by atoms with Gasteiger partial charge in [0.05, 0.1) is 24.7 Å². The third kappa shape index (κ3) is 3.50. The molecule has 3 aliphatic rings. The Bertz CT molecular complexity index is 948. The van der Waals surface area contributed by atoms with Gasteiger partial charge in [-0.15, -0.1) is 0 Å². The molecule has 0 amide bonds. The van der Waals surface area contributed by atoms with Crippen molar-refractivity contribution in [2.45, 2.75) is 63.5 Å². The van der Waals surface area contributed by atoms with Gasteiger partial charge in [0.1, 0.15) is 11.3 Å². The lowest BCUT2D eigenvalue weighted by Crippen LogP contribution is -2.70. The highest BCUT2D eigenvalue weighted by molar-refractivity contribution is 5.68. The molecule has 31 heavy (non-hydrogen) atoms. The van der Waals surface area contributed by atoms with Gasteiger partial charge >= 0.3 is 18.0 Å². The van der Waals surface area contributed by atoms with Gasteiger partial charge in [0, 0.05) is 11.8 Å². The Morgan fingerprint density at radius 2 is 1.71 bits per heavy atom. The number of ether oxygens (including phenoxy) is 1. The summed E-state index contributed by atoms with van der Waals surface area (Å²) in [7, 11) is 0. The Balaban J connectivity index is 1.89. The van der Waals surface area contributed by atoms with Crippen LogP contribution in [0.25, 0.3) is 4.85 Å². The Morgan fingerprint density at radius 1 is 1.10 bits per heavy atom. The van der Waals surface area contributed by atoms with Crippen LogP contribution in [0.5, 0.6) is 5.75 Å². The van der Waals surface area contributed by atoms with Gasteiger partial charge in [-0.3, -0.25) is 0 Å². The summed E-state index contributed by atoms with van der Waals surface area (Å²) in [6.45, 7) is 7.58. The highest BCUT2D eigenvalue weighted by Gasteiger charge is 2.80. The van der Waals surface area contributed by atoms with Crippen molar-refractivity contribution in [3.05, 3.63) is 34.7 Å². The zero-order chi connectivity index (χ0) is 23.3. The molecular weight excluding hydrogens is 429 g/mol. The lowest BCUT2D eigenvalue weighted by Gasteiger charge is -2.59. The number of aryl methyl sites for hydroxylation is 1. The monoisotopic (exact) mass is 448 g/mol. The van der Waals surface area contributed by atoms with Crippen molar-refractivity contribution in [3.8, 4) is 11.8 Å². The fourth-order valence-corrected chi connectivity index (χ4v) is 4.52. The number of fused-ring (bicyclic) bond motifs is 3. The van der Waals surface area contributed by atoms with Gasteiger partial charge in [-0.2, -0.15) is 36.0 Å². The number of hydrogen-bond donors (Lipinski definition) is 0. The molecule has 0 saturated heterocycles. The number of alkyl halides is 7. The van der Waals surface area contributed by atoms with Crippen molar-refractivity contribution in [1.82, 2.24) is 0 Å². The van der Waals surface area contributed by atoms with Crippen molar-refractivity contribution < 1.29 is 35.5 Å². The molecule has 0 spiro atoms. The Labute approximate surface area is 174 Å². The summed E-state index contributed by atoms with van der Waals surface area (Å²) in [4.78, 5) is 3.12. The van der Waals surface area contributed by atoms with E-state index in [1.807, 2.05) is 0 Å². The first kappa shape index (κ1) is 23.2. The molecule has 3 saturated carbocycles. The molecule has 10 heteroatoms. The molecule has 0 aromatic heterocycles. The maximum absolute atomic E-state index is 14.8. The molecule has 1 aromatic rings. The van der Waals surface area contributed by atoms with Crippen LogP contribution in [0.4, 0.5) is 36.4 Å². The molecule has 0 radical (unpaired) electrons. The van der Waals surface area contributed by atoms with E-state index in [1.165, 1.54) is 6.07 Å². The first-order valence-electron chi connectivity index (χ1n) is 9.62. The highest BCUT2D eigenvalue weighted by atomic mass is 19.4. The van der Waals surface area contributed by atoms with E-state index in [-0.39, 0.29) is 42.7 Å². The van der Waals surface area contributed by atoms with Crippen LogP contribution in [0, 0.1) is 28.7 Å². The van der Waals surface area contributed by atoms with Crippen molar-refractivity contribution in [1.29, 1.82) is 5.26 Å². The van der Waals surface area contributed by atoms with E-state index in [1.54, 1.807) is 6.07 Å². The van der Waals surface area contributed by atoms with Gasteiger partial charge < -0.3 is 4.74 Å². The van der Waals surface area contributed by atoms with Crippen molar-refractivity contribution in [3.63, 3.8) is 0 Å². The van der Waals surface area contributed by atoms with Crippen LogP contribution < -0.4 is 4.74 Å². The van der Waals surface area contributed by atoms with Crippen LogP contribution >= 0.6 is 0 Å². The largest absolute Gasteiger partial charge is 0.493 e. The molecule has 0 heterocycles. The minimum Gasteiger partial charge on any atom is -0.493 e. The van der Waals surface area contributed by atoms with Gasteiger partial charge in [0.2, 0.25) is 5.69 Å². The molecule has 3 aliphatic carbocycles. The predicted molar refractivity (Wildman–Crippen MR) is 96.2 cm³/mol. The summed E-state index contributed by atoms with van der Waals surface area (Å²) in [5.74, 6) is -8.83. The van der Waals surface area contributed by atoms with Crippen molar-refractivity contribution in [2.24, 2.45) is 10.8 Å². The average molecular weight is 448 g/mol. The van der Waals surface area contributed by atoms with Gasteiger partial charge in [-0.05, 0) is 43.7 Å². The molecule has 3 fully saturated rings. The van der Waals surface area contributed by atoms with Crippen LogP contribution in [-0.2, 0) is 6.42 Å². The number of rotatable bonds is 5. The number of benzene rings is 1. The third-order valence-electron chi connectivity index (χ3n) is 6.76. The van der Waals surface area contributed by atoms with Crippen molar-refractivity contribution >= 4 is 5.69 Å². The summed E-state index contributed by atoms with van der Waals surface area (Å²) in [5, 5.41) is 9.41. The first-order valence-corrected chi connectivity index (χ1v) is 9.62. The number of hydrogen-bond acceptors (Lipinski definition) is 2. The summed E-state index contributed by atoms with van der Waals surface area (Å²) >= 11 is 0. The molecule has 0 atom stereocenters. The van der Waals surface area contributed by atoms with E-state index in [2.05, 4.69) is 4.85 Å². The average Bonchev–Trinajstić information content (AvgIpc) is 2.69. The Hall–Kier alpha value is -2.49. The van der Waals surface area contributed by atoms with E-state index < -0.39 is 53.9 Å². The molecule has 3 nitrogen and oxygen atoms in total. The van der Waals surface area contributed by atoms with E-state index in [0.29, 0.717) is 0 Å². The number of nitrogens with zero attached hydrogens (tertiary/aromatic N) is 2. The maximum Gasteiger partial charge on any atom is 0.389 e. The second-order valence-electron chi connectivity index (χ2n) is 8.56. The van der Waals surface area contributed by atoms with E-state index in [4.69, 9.17) is 11.3 Å². The van der Waals surface area contributed by atoms with E-state index in [0.717, 1.165) is 13.0 Å². The van der Waals surface area contributed by atoms with E-state index >= 15 is 0 Å². The number of nitriles is 1. The predicted octanol–water partition coefficient (Wildman–Crippen LogP) is 6.83. The summed E-state index contributed by atoms with van der Waals surface area (Å²) in [5.41, 5.74) is -4.71. The summed E-state index contributed by atoms with van der Waals surface area (Å²) in [6, 6.07) is 3.96. The Kier molecular flexibility index (Phi) is 5.45. The standard InChI is InChI=1S/C21H19F7N2O/c1-17-7-9-18(10-8-17,21(27,28)20(17,25)26)12-31-15-4-3-13(5-6-19(22,23)24)16(30-2)14(15)11-29/h3-4H,5-10,12H2,1H3. The minimum atomic E-state index is -4.46. The topological polar surface area (TPSA) is 37.4 Å². The van der Waals surface area contributed by atoms with Crippen LogP contribution in [0.2, 0.25) is 0 Å². The van der Waals surface area contributed by atoms with Crippen molar-refractivity contribution in [2.75, 3.05) is 6.61 Å². The third-order valence-corrected chi connectivity index (χ3v) is 6.76. The highest BCUT2D eigenvalue weighted by Crippen LogP contribution is 2.70. The van der Waals surface area contributed by atoms with Crippen LogP contribution in [-0.4, -0.2) is 24.6 Å². The lowest BCUT2D eigenvalue weighted by atomic mass is 9.50. The molecule has 0 aliphatic heterocycles. The molecule has 2 bridgehead atoms. The molecule has 1 aromatic carbocycles. The molecule has 4 rings (SSSR count). The van der Waals surface area contributed by atoms with Crippen LogP contribution in [0.3, 0.4) is 0 Å². The first-order chi connectivity index (χ1) is 14.2. The SMILES string of the molecule is [C-]#[N+]c1c(CCC(F)(F)F)ccc(OCC23CCC(C)(CC2)C(F)(F)C3(F)F)c1C#N. The quantitative estimate of drug-likeness (QED) is 0.366. The zero-order valence-corrected chi connectivity index (χ0v) is 16.6. The van der Waals surface area contributed by atoms with Gasteiger partial charge in [0.25, 0.3) is 0 Å². The van der Waals surface area contributed by atoms with Gasteiger partial charge in [-0.1, -0.05) is 13.0 Å². The molecule has 0 unspecified atom stereocenters. The second-order valence-corrected chi connectivity index (χ2v) is 8.56. The zero-order valence-electron chi connectivity index (χ0n) is 16.6. The van der Waals surface area contributed by atoms with Crippen LogP contribution in [0.15, 0.2) is 12.1 Å². The lowest BCUT2D eigenvalue weighted by molar-refractivity contribution is -0.367. The minimum absolute atomic E-state index is 0.0302. The molecule has 0 N–H and O–H groups in total. The molecular formula is C21H19F7N2O. The fraction of sp³-hybridized carbons (Fsp3) is 0.619. The maximum atomic E-state index is 14.8. The second kappa shape index (κ2) is 7.29. The Morgan fingerprint density at radius 3 is 2.23 bits per heavy atom. The fourth-order valence-electron chi connectivity index (χ4n) is 4.52. The smallest absolute Gasteiger partial charge is 0.389 e. The van der Waals surface area contributed by atoms with Crippen LogP contribution in [0.1, 0.15) is 50.2 Å². The summed E-state index contributed by atoms with van der Waals surface area (Å²) < 4.78 is 102. The normalized spacial score (nSPS) is 28.6. The van der Waals surface area contributed by atoms with E-state index in [9.17, 15) is 36.0 Å². The molecule has 168 valence electrons. The summed E-state index contributed by atoms with van der Waals surface area (Å²) in [6.07, 6.45) is -6.79. The van der Waals surface area contributed by atoms with Gasteiger partial charge in [0.15, 0.2) is 0 Å². The van der Waals surface area contributed by atoms with Gasteiger partial charge in [-0.25, -0.2) is 4.85 Å². The number of halogens is 7.